The normalized spacial score (nSPS) is 11.5. The van der Waals surface area contributed by atoms with Gasteiger partial charge >= 0.3 is 0 Å². The average molecular weight is 340 g/mol. The summed E-state index contributed by atoms with van der Waals surface area (Å²) in [4.78, 5) is 9.97. The third-order valence-corrected chi connectivity index (χ3v) is 5.19. The van der Waals surface area contributed by atoms with Gasteiger partial charge < -0.3 is 0 Å². The van der Waals surface area contributed by atoms with Crippen molar-refractivity contribution in [3.05, 3.63) is 33.3 Å². The minimum Gasteiger partial charge on any atom is -0.258 e. The Morgan fingerprint density at radius 3 is 2.47 bits per heavy atom. The van der Waals surface area contributed by atoms with Crippen LogP contribution in [0.1, 0.15) is 0 Å². The molecule has 0 aliphatic rings. The zero-order valence-corrected chi connectivity index (χ0v) is 11.9. The fraction of sp³-hybridized carbons (Fsp3) is 0. The van der Waals surface area contributed by atoms with Gasteiger partial charge in [0.2, 0.25) is 4.34 Å². The Labute approximate surface area is 120 Å². The number of benzene rings is 1. The molecule has 0 spiro atoms. The summed E-state index contributed by atoms with van der Waals surface area (Å²) in [6.45, 7) is 0. The molecule has 19 heavy (non-hydrogen) atoms. The Kier molecular flexibility index (Phi) is 3.72. The molecule has 1 aromatic carbocycles. The highest BCUT2D eigenvalue weighted by atomic mass is 35.7. The molecule has 0 saturated heterocycles. The number of nitro benzene ring substituents is 1. The highest BCUT2D eigenvalue weighted by Gasteiger charge is 2.20. The highest BCUT2D eigenvalue weighted by molar-refractivity contribution is 8.15. The SMILES string of the molecule is O=[N+]([O-])c1ccc(-c2nnc(S(=O)(=O)Cl)s2)c(Cl)c1. The molecule has 2 rings (SSSR count). The van der Waals surface area contributed by atoms with Crippen molar-refractivity contribution in [1.82, 2.24) is 10.2 Å². The monoisotopic (exact) mass is 339 g/mol. The molecule has 0 aliphatic carbocycles. The minimum absolute atomic E-state index is 0.0730. The Balaban J connectivity index is 2.48. The molecule has 0 amide bonds. The molecule has 0 saturated carbocycles. The van der Waals surface area contributed by atoms with Crippen molar-refractivity contribution in [3.8, 4) is 10.6 Å². The second-order valence-corrected chi connectivity index (χ2v) is 7.36. The third-order valence-electron chi connectivity index (χ3n) is 2.01. The van der Waals surface area contributed by atoms with E-state index in [-0.39, 0.29) is 20.1 Å². The quantitative estimate of drug-likeness (QED) is 0.483. The molecule has 100 valence electrons. The van der Waals surface area contributed by atoms with E-state index >= 15 is 0 Å². The van der Waals surface area contributed by atoms with E-state index in [1.165, 1.54) is 12.1 Å². The first kappa shape index (κ1) is 14.1. The Bertz CT molecular complexity index is 759. The smallest absolute Gasteiger partial charge is 0.258 e. The molecule has 1 heterocycles. The molecular formula is C8H3Cl2N3O4S2. The van der Waals surface area contributed by atoms with Gasteiger partial charge in [0.1, 0.15) is 5.01 Å². The largest absolute Gasteiger partial charge is 0.290 e. The van der Waals surface area contributed by atoms with Crippen LogP contribution in [-0.2, 0) is 9.05 Å². The van der Waals surface area contributed by atoms with Crippen LogP contribution in [0.15, 0.2) is 22.5 Å². The van der Waals surface area contributed by atoms with E-state index in [1.807, 2.05) is 0 Å². The first-order chi connectivity index (χ1) is 8.79. The van der Waals surface area contributed by atoms with E-state index in [2.05, 4.69) is 10.2 Å². The van der Waals surface area contributed by atoms with E-state index < -0.39 is 14.0 Å². The maximum Gasteiger partial charge on any atom is 0.290 e. The van der Waals surface area contributed by atoms with Crippen LogP contribution in [0.3, 0.4) is 0 Å². The maximum absolute atomic E-state index is 11.1. The van der Waals surface area contributed by atoms with Crippen LogP contribution < -0.4 is 0 Å². The van der Waals surface area contributed by atoms with E-state index in [0.29, 0.717) is 5.56 Å². The van der Waals surface area contributed by atoms with Crippen molar-refractivity contribution in [1.29, 1.82) is 0 Å². The lowest BCUT2D eigenvalue weighted by atomic mass is 10.2. The molecule has 11 heteroatoms. The Morgan fingerprint density at radius 2 is 2.00 bits per heavy atom. The second kappa shape index (κ2) is 5.00. The fourth-order valence-corrected chi connectivity index (χ4v) is 3.29. The lowest BCUT2D eigenvalue weighted by Crippen LogP contribution is -1.88. The summed E-state index contributed by atoms with van der Waals surface area (Å²) >= 11 is 6.61. The van der Waals surface area contributed by atoms with Crippen molar-refractivity contribution in [2.24, 2.45) is 0 Å². The van der Waals surface area contributed by atoms with Crippen molar-refractivity contribution in [2.75, 3.05) is 0 Å². The molecule has 0 bridgehead atoms. The topological polar surface area (TPSA) is 103 Å². The van der Waals surface area contributed by atoms with Gasteiger partial charge in [0.05, 0.1) is 9.95 Å². The van der Waals surface area contributed by atoms with Gasteiger partial charge in [0.25, 0.3) is 14.7 Å². The zero-order valence-electron chi connectivity index (χ0n) is 8.78. The molecule has 0 unspecified atom stereocenters. The highest BCUT2D eigenvalue weighted by Crippen LogP contribution is 2.34. The molecule has 0 aliphatic heterocycles. The van der Waals surface area contributed by atoms with Crippen LogP contribution in [-0.4, -0.2) is 23.5 Å². The number of hydrogen-bond acceptors (Lipinski definition) is 7. The van der Waals surface area contributed by atoms with Crippen molar-refractivity contribution >= 4 is 48.4 Å². The third kappa shape index (κ3) is 3.00. The molecule has 0 atom stereocenters. The number of nitrogens with zero attached hydrogens (tertiary/aromatic N) is 3. The Hall–Kier alpha value is -1.29. The first-order valence-corrected chi connectivity index (χ1v) is 8.02. The Morgan fingerprint density at radius 1 is 1.32 bits per heavy atom. The molecule has 0 fully saturated rings. The van der Waals surface area contributed by atoms with Gasteiger partial charge in [0, 0.05) is 28.4 Å². The van der Waals surface area contributed by atoms with E-state index in [4.69, 9.17) is 22.3 Å². The van der Waals surface area contributed by atoms with Crippen molar-refractivity contribution in [3.63, 3.8) is 0 Å². The fourth-order valence-electron chi connectivity index (χ4n) is 1.21. The van der Waals surface area contributed by atoms with Gasteiger partial charge in [0.15, 0.2) is 0 Å². The van der Waals surface area contributed by atoms with Crippen LogP contribution in [0.5, 0.6) is 0 Å². The van der Waals surface area contributed by atoms with Crippen LogP contribution in [0.25, 0.3) is 10.6 Å². The number of nitro groups is 1. The number of aromatic nitrogens is 2. The van der Waals surface area contributed by atoms with Gasteiger partial charge in [-0.05, 0) is 6.07 Å². The predicted molar refractivity (Wildman–Crippen MR) is 70.0 cm³/mol. The van der Waals surface area contributed by atoms with Crippen molar-refractivity contribution < 1.29 is 13.3 Å². The van der Waals surface area contributed by atoms with Gasteiger partial charge in [-0.15, -0.1) is 10.2 Å². The molecule has 0 N–H and O–H groups in total. The number of hydrogen-bond donors (Lipinski definition) is 0. The number of rotatable bonds is 3. The zero-order chi connectivity index (χ0) is 14.2. The standard InChI is InChI=1S/C8H3Cl2N3O4S2/c9-6-3-4(13(14)15)1-2-5(6)7-11-12-8(18-7)19(10,16)17/h1-3H. The summed E-state index contributed by atoms with van der Waals surface area (Å²) in [6, 6.07) is 3.75. The summed E-state index contributed by atoms with van der Waals surface area (Å²) < 4.78 is 21.8. The van der Waals surface area contributed by atoms with E-state index in [0.717, 1.165) is 17.4 Å². The molecule has 0 radical (unpaired) electrons. The minimum atomic E-state index is -3.96. The van der Waals surface area contributed by atoms with E-state index in [9.17, 15) is 18.5 Å². The average Bonchev–Trinajstić information content (AvgIpc) is 2.77. The summed E-state index contributed by atoms with van der Waals surface area (Å²) in [5, 5.41) is 17.9. The molecule has 2 aromatic rings. The van der Waals surface area contributed by atoms with Crippen molar-refractivity contribution in [2.45, 2.75) is 4.34 Å². The van der Waals surface area contributed by atoms with Gasteiger partial charge in [-0.1, -0.05) is 22.9 Å². The van der Waals surface area contributed by atoms with E-state index in [1.54, 1.807) is 0 Å². The molecule has 1 aromatic heterocycles. The lowest BCUT2D eigenvalue weighted by Gasteiger charge is -1.98. The predicted octanol–water partition coefficient (Wildman–Crippen LogP) is 2.69. The molecular weight excluding hydrogens is 337 g/mol. The van der Waals surface area contributed by atoms with Crippen LogP contribution in [0.2, 0.25) is 5.02 Å². The summed E-state index contributed by atoms with van der Waals surface area (Å²) in [5.41, 5.74) is 0.166. The number of halogens is 2. The van der Waals surface area contributed by atoms with Gasteiger partial charge in [-0.3, -0.25) is 10.1 Å². The first-order valence-electron chi connectivity index (χ1n) is 4.51. The molecule has 7 nitrogen and oxygen atoms in total. The summed E-state index contributed by atoms with van der Waals surface area (Å²) in [7, 11) is 1.17. The number of non-ortho nitro benzene ring substituents is 1. The van der Waals surface area contributed by atoms with Gasteiger partial charge in [-0.2, -0.15) is 0 Å². The summed E-state index contributed by atoms with van der Waals surface area (Å²) in [5.74, 6) is 0. The van der Waals surface area contributed by atoms with Gasteiger partial charge in [-0.25, -0.2) is 8.42 Å². The van der Waals surface area contributed by atoms with Crippen LogP contribution in [0.4, 0.5) is 5.69 Å². The summed E-state index contributed by atoms with van der Waals surface area (Å²) in [6.07, 6.45) is 0. The van der Waals surface area contributed by atoms with Crippen LogP contribution >= 0.6 is 33.6 Å². The van der Waals surface area contributed by atoms with Crippen LogP contribution in [0, 0.1) is 10.1 Å². The second-order valence-electron chi connectivity index (χ2n) is 3.23. The lowest BCUT2D eigenvalue weighted by molar-refractivity contribution is -0.384. The maximum atomic E-state index is 11.1.